The first-order chi connectivity index (χ1) is 12.8. The van der Waals surface area contributed by atoms with Crippen LogP contribution in [0.15, 0.2) is 24.3 Å². The molecule has 0 bridgehead atoms. The molecule has 2 N–H and O–H groups in total. The number of alkyl halides is 3. The molecule has 0 unspecified atom stereocenters. The molecule has 0 aliphatic heterocycles. The van der Waals surface area contributed by atoms with Gasteiger partial charge in [0.05, 0.1) is 4.75 Å². The molecule has 1 amide bonds. The summed E-state index contributed by atoms with van der Waals surface area (Å²) >= 11 is 0. The third kappa shape index (κ3) is 6.37. The fourth-order valence-corrected chi connectivity index (χ4v) is 3.88. The summed E-state index contributed by atoms with van der Waals surface area (Å²) in [5.74, 6) is -0.875. The van der Waals surface area contributed by atoms with E-state index in [4.69, 9.17) is 0 Å². The fourth-order valence-electron chi connectivity index (χ4n) is 2.85. The molecule has 1 aromatic rings. The van der Waals surface area contributed by atoms with Crippen LogP contribution in [0.3, 0.4) is 0 Å². The summed E-state index contributed by atoms with van der Waals surface area (Å²) in [7, 11) is -3.44. The lowest BCUT2D eigenvalue weighted by molar-refractivity contribution is -0.274. The van der Waals surface area contributed by atoms with Gasteiger partial charge in [0, 0.05) is 17.6 Å². The molecule has 0 saturated heterocycles. The first-order valence-electron chi connectivity index (χ1n) is 8.95. The van der Waals surface area contributed by atoms with Gasteiger partial charge in [-0.1, -0.05) is 0 Å². The second kappa shape index (κ2) is 8.28. The van der Waals surface area contributed by atoms with E-state index in [0.29, 0.717) is 31.4 Å². The number of benzene rings is 1. The third-order valence-electron chi connectivity index (χ3n) is 4.58. The van der Waals surface area contributed by atoms with Crippen molar-refractivity contribution in [3.05, 3.63) is 24.3 Å². The topological polar surface area (TPSA) is 84.5 Å². The van der Waals surface area contributed by atoms with Gasteiger partial charge >= 0.3 is 6.36 Å². The van der Waals surface area contributed by atoms with Gasteiger partial charge in [0.25, 0.3) is 0 Å². The summed E-state index contributed by atoms with van der Waals surface area (Å²) in [4.78, 5) is 12.4. The quantitative estimate of drug-likeness (QED) is 0.756. The fraction of sp³-hybridized carbons (Fsp3) is 0.611. The second-order valence-electron chi connectivity index (χ2n) is 7.84. The number of rotatable bonds is 5. The Morgan fingerprint density at radius 1 is 1.04 bits per heavy atom. The molecule has 1 saturated carbocycles. The van der Waals surface area contributed by atoms with Crippen LogP contribution in [0.2, 0.25) is 0 Å². The Morgan fingerprint density at radius 3 is 2.04 bits per heavy atom. The van der Waals surface area contributed by atoms with E-state index in [9.17, 15) is 26.4 Å². The number of carbonyl (C=O) groups excluding carboxylic acids is 1. The molecule has 158 valence electrons. The molecule has 1 aliphatic rings. The summed E-state index contributed by atoms with van der Waals surface area (Å²) < 4.78 is 66.5. The highest BCUT2D eigenvalue weighted by Gasteiger charge is 2.34. The largest absolute Gasteiger partial charge is 0.573 e. The highest BCUT2D eigenvalue weighted by molar-refractivity contribution is 7.90. The molecule has 0 radical (unpaired) electrons. The summed E-state index contributed by atoms with van der Waals surface area (Å²) in [6.07, 6.45) is -2.62. The molecule has 0 aromatic heterocycles. The summed E-state index contributed by atoms with van der Waals surface area (Å²) in [6.45, 7) is 4.87. The summed E-state index contributed by atoms with van der Waals surface area (Å²) in [5, 5.41) is 2.67. The van der Waals surface area contributed by atoms with Crippen molar-refractivity contribution in [2.24, 2.45) is 5.92 Å². The highest BCUT2D eigenvalue weighted by atomic mass is 32.2. The zero-order chi connectivity index (χ0) is 21.2. The van der Waals surface area contributed by atoms with Crippen LogP contribution in [0, 0.1) is 5.92 Å². The third-order valence-corrected chi connectivity index (χ3v) is 6.84. The van der Waals surface area contributed by atoms with Gasteiger partial charge in [0.1, 0.15) is 5.75 Å². The minimum Gasteiger partial charge on any atom is -0.406 e. The van der Waals surface area contributed by atoms with E-state index in [0.717, 1.165) is 12.1 Å². The first-order valence-corrected chi connectivity index (χ1v) is 10.4. The molecule has 1 aliphatic carbocycles. The van der Waals surface area contributed by atoms with Crippen molar-refractivity contribution in [3.63, 3.8) is 0 Å². The van der Waals surface area contributed by atoms with Crippen molar-refractivity contribution in [3.8, 4) is 5.75 Å². The Hall–Kier alpha value is -1.81. The van der Waals surface area contributed by atoms with Crippen LogP contribution in [0.4, 0.5) is 18.9 Å². The van der Waals surface area contributed by atoms with Crippen molar-refractivity contribution in [2.75, 3.05) is 5.32 Å². The van der Waals surface area contributed by atoms with Gasteiger partial charge in [-0.2, -0.15) is 0 Å². The number of sulfonamides is 1. The lowest BCUT2D eigenvalue weighted by atomic mass is 9.86. The van der Waals surface area contributed by atoms with Crippen LogP contribution in [0.5, 0.6) is 5.75 Å². The Morgan fingerprint density at radius 2 is 1.57 bits per heavy atom. The predicted octanol–water partition coefficient (Wildman–Crippen LogP) is 3.80. The van der Waals surface area contributed by atoms with Crippen molar-refractivity contribution >= 4 is 21.6 Å². The average molecular weight is 422 g/mol. The second-order valence-corrected chi connectivity index (χ2v) is 10.3. The smallest absolute Gasteiger partial charge is 0.406 e. The molecule has 6 nitrogen and oxygen atoms in total. The van der Waals surface area contributed by atoms with E-state index in [1.165, 1.54) is 12.1 Å². The minimum atomic E-state index is -4.77. The Balaban J connectivity index is 1.85. The van der Waals surface area contributed by atoms with Crippen molar-refractivity contribution < 1.29 is 31.1 Å². The molecule has 2 rings (SSSR count). The monoisotopic (exact) mass is 422 g/mol. The highest BCUT2D eigenvalue weighted by Crippen LogP contribution is 2.28. The van der Waals surface area contributed by atoms with Gasteiger partial charge in [0.2, 0.25) is 15.9 Å². The maximum absolute atomic E-state index is 12.4. The molecule has 10 heteroatoms. The standard InChI is InChI=1S/C18H25F3N2O4S/c1-17(2,3)28(25,26)23-14-6-4-12(5-7-14)16(24)22-13-8-10-15(11-9-13)27-18(19,20)21/h8-12,14,23H,4-7H2,1-3H3,(H,22,24). The van der Waals surface area contributed by atoms with E-state index >= 15 is 0 Å². The van der Waals surface area contributed by atoms with Crippen LogP contribution in [0.25, 0.3) is 0 Å². The van der Waals surface area contributed by atoms with Crippen molar-refractivity contribution in [1.29, 1.82) is 0 Å². The molecule has 0 heterocycles. The summed E-state index contributed by atoms with van der Waals surface area (Å²) in [6, 6.07) is 4.72. The van der Waals surface area contributed by atoms with Gasteiger partial charge < -0.3 is 10.1 Å². The number of halogens is 3. The van der Waals surface area contributed by atoms with Gasteiger partial charge in [-0.15, -0.1) is 13.2 Å². The van der Waals surface area contributed by atoms with Crippen LogP contribution in [0.1, 0.15) is 46.5 Å². The Labute approximate surface area is 162 Å². The molecule has 0 atom stereocenters. The van der Waals surface area contributed by atoms with Gasteiger partial charge in [-0.05, 0) is 70.7 Å². The minimum absolute atomic E-state index is 0.202. The molecule has 1 fully saturated rings. The van der Waals surface area contributed by atoms with Crippen molar-refractivity contribution in [2.45, 2.75) is 63.6 Å². The van der Waals surface area contributed by atoms with Crippen LogP contribution < -0.4 is 14.8 Å². The Bertz CT molecular complexity index is 779. The number of ether oxygens (including phenoxy) is 1. The van der Waals surface area contributed by atoms with E-state index in [-0.39, 0.29) is 23.6 Å². The van der Waals surface area contributed by atoms with Gasteiger partial charge in [-0.25, -0.2) is 13.1 Å². The van der Waals surface area contributed by atoms with Crippen LogP contribution in [-0.2, 0) is 14.8 Å². The van der Waals surface area contributed by atoms with E-state index in [1.54, 1.807) is 20.8 Å². The zero-order valence-electron chi connectivity index (χ0n) is 16.0. The molecular formula is C18H25F3N2O4S. The number of amides is 1. The molecular weight excluding hydrogens is 397 g/mol. The van der Waals surface area contributed by atoms with Crippen molar-refractivity contribution in [1.82, 2.24) is 4.72 Å². The van der Waals surface area contributed by atoms with E-state index < -0.39 is 21.1 Å². The van der Waals surface area contributed by atoms with Gasteiger partial charge in [-0.3, -0.25) is 4.79 Å². The number of anilines is 1. The molecule has 1 aromatic carbocycles. The Kier molecular flexibility index (Phi) is 6.65. The van der Waals surface area contributed by atoms with E-state index in [1.807, 2.05) is 0 Å². The van der Waals surface area contributed by atoms with Crippen LogP contribution in [-0.4, -0.2) is 31.5 Å². The van der Waals surface area contributed by atoms with Gasteiger partial charge in [0.15, 0.2) is 0 Å². The first kappa shape index (κ1) is 22.5. The predicted molar refractivity (Wildman–Crippen MR) is 99.3 cm³/mol. The average Bonchev–Trinajstić information content (AvgIpc) is 2.54. The van der Waals surface area contributed by atoms with Crippen LogP contribution >= 0.6 is 0 Å². The lowest BCUT2D eigenvalue weighted by Gasteiger charge is -2.30. The number of hydrogen-bond acceptors (Lipinski definition) is 4. The molecule has 0 spiro atoms. The number of nitrogens with one attached hydrogen (secondary N) is 2. The number of carbonyl (C=O) groups is 1. The SMILES string of the molecule is CC(C)(C)S(=O)(=O)NC1CCC(C(=O)Nc2ccc(OC(F)(F)F)cc2)CC1. The zero-order valence-corrected chi connectivity index (χ0v) is 16.8. The lowest BCUT2D eigenvalue weighted by Crippen LogP contribution is -2.46. The normalized spacial score (nSPS) is 21.2. The molecule has 28 heavy (non-hydrogen) atoms. The maximum atomic E-state index is 12.4. The summed E-state index contributed by atoms with van der Waals surface area (Å²) in [5.41, 5.74) is 0.370. The maximum Gasteiger partial charge on any atom is 0.573 e. The van der Waals surface area contributed by atoms with E-state index in [2.05, 4.69) is 14.8 Å². The number of hydrogen-bond donors (Lipinski definition) is 2.